The molecule has 0 unspecified atom stereocenters. The van der Waals surface area contributed by atoms with E-state index in [9.17, 15) is 8.42 Å². The summed E-state index contributed by atoms with van der Waals surface area (Å²) < 4.78 is 24.4. The van der Waals surface area contributed by atoms with Crippen molar-refractivity contribution in [3.63, 3.8) is 0 Å². The van der Waals surface area contributed by atoms with Gasteiger partial charge in [0, 0.05) is 0 Å². The molecule has 0 radical (unpaired) electrons. The molecule has 0 N–H and O–H groups in total. The molecule has 1 aromatic rings. The molecular formula is C11H16N2O2S. The topological polar surface area (TPSA) is 58.9 Å². The molecule has 0 amide bonds. The molecule has 0 atom stereocenters. The van der Waals surface area contributed by atoms with E-state index in [2.05, 4.69) is 21.8 Å². The highest BCUT2D eigenvalue weighted by Crippen LogP contribution is 2.04. The second-order valence-electron chi connectivity index (χ2n) is 3.62. The van der Waals surface area contributed by atoms with Crippen LogP contribution in [0.1, 0.15) is 18.4 Å². The SMILES string of the molecule is CS(=O)(=O)N=NCCCCc1ccccc1. The Kier molecular flexibility index (Phi) is 5.11. The average molecular weight is 240 g/mol. The lowest BCUT2D eigenvalue weighted by molar-refractivity contribution is 0.599. The number of nitrogens with zero attached hydrogens (tertiary/aromatic N) is 2. The molecule has 16 heavy (non-hydrogen) atoms. The fourth-order valence-electron chi connectivity index (χ4n) is 1.30. The molecule has 0 spiro atoms. The zero-order valence-electron chi connectivity index (χ0n) is 9.33. The molecule has 4 nitrogen and oxygen atoms in total. The molecule has 0 aliphatic rings. The van der Waals surface area contributed by atoms with E-state index in [1.165, 1.54) is 5.56 Å². The fraction of sp³-hybridized carbons (Fsp3) is 0.455. The van der Waals surface area contributed by atoms with E-state index in [-0.39, 0.29) is 0 Å². The quantitative estimate of drug-likeness (QED) is 0.566. The molecule has 0 aliphatic heterocycles. The van der Waals surface area contributed by atoms with Crippen molar-refractivity contribution in [3.8, 4) is 0 Å². The summed E-state index contributed by atoms with van der Waals surface area (Å²) in [6, 6.07) is 10.2. The third-order valence-electron chi connectivity index (χ3n) is 2.02. The van der Waals surface area contributed by atoms with Gasteiger partial charge in [0.1, 0.15) is 0 Å². The summed E-state index contributed by atoms with van der Waals surface area (Å²) in [6.45, 7) is 0.472. The Labute approximate surface area is 96.5 Å². The first-order valence-electron chi connectivity index (χ1n) is 5.20. The molecule has 0 aromatic heterocycles. The summed E-state index contributed by atoms with van der Waals surface area (Å²) >= 11 is 0. The molecule has 1 aromatic carbocycles. The monoisotopic (exact) mass is 240 g/mol. The third-order valence-corrected chi connectivity index (χ3v) is 2.43. The first-order chi connectivity index (χ1) is 7.58. The van der Waals surface area contributed by atoms with Gasteiger partial charge in [-0.1, -0.05) is 34.9 Å². The van der Waals surface area contributed by atoms with Crippen LogP contribution in [-0.2, 0) is 16.4 Å². The number of benzene rings is 1. The second-order valence-corrected chi connectivity index (χ2v) is 5.25. The van der Waals surface area contributed by atoms with Crippen molar-refractivity contribution in [1.82, 2.24) is 0 Å². The van der Waals surface area contributed by atoms with Crippen LogP contribution in [0.25, 0.3) is 0 Å². The molecule has 0 aliphatic carbocycles. The molecule has 0 saturated heterocycles. The van der Waals surface area contributed by atoms with E-state index in [1.54, 1.807) is 0 Å². The highest BCUT2D eigenvalue weighted by atomic mass is 32.2. The molecule has 0 fully saturated rings. The zero-order valence-corrected chi connectivity index (χ0v) is 10.2. The largest absolute Gasteiger partial charge is 0.267 e. The number of hydrogen-bond acceptors (Lipinski definition) is 3. The van der Waals surface area contributed by atoms with Crippen molar-refractivity contribution in [1.29, 1.82) is 0 Å². The Morgan fingerprint density at radius 1 is 1.12 bits per heavy atom. The summed E-state index contributed by atoms with van der Waals surface area (Å²) in [5.74, 6) is 0. The van der Waals surface area contributed by atoms with Gasteiger partial charge in [0.15, 0.2) is 0 Å². The maximum Gasteiger partial charge on any atom is 0.267 e. The lowest BCUT2D eigenvalue weighted by Gasteiger charge is -1.98. The molecule has 0 heterocycles. The zero-order chi connectivity index (χ0) is 11.9. The summed E-state index contributed by atoms with van der Waals surface area (Å²) in [5.41, 5.74) is 1.29. The summed E-state index contributed by atoms with van der Waals surface area (Å²) in [7, 11) is -3.31. The van der Waals surface area contributed by atoms with Crippen molar-refractivity contribution in [2.45, 2.75) is 19.3 Å². The highest BCUT2D eigenvalue weighted by molar-refractivity contribution is 7.89. The summed E-state index contributed by atoms with van der Waals surface area (Å²) in [6.07, 6.45) is 3.89. The van der Waals surface area contributed by atoms with Crippen molar-refractivity contribution in [3.05, 3.63) is 35.9 Å². The van der Waals surface area contributed by atoms with Gasteiger partial charge in [0.25, 0.3) is 10.0 Å². The fourth-order valence-corrected chi connectivity index (χ4v) is 1.59. The predicted molar refractivity (Wildman–Crippen MR) is 63.9 cm³/mol. The number of rotatable bonds is 6. The molecule has 0 saturated carbocycles. The van der Waals surface area contributed by atoms with Crippen molar-refractivity contribution < 1.29 is 8.42 Å². The molecular weight excluding hydrogens is 224 g/mol. The number of aryl methyl sites for hydroxylation is 1. The van der Waals surface area contributed by atoms with E-state index in [4.69, 9.17) is 0 Å². The van der Waals surface area contributed by atoms with Crippen LogP contribution in [0.4, 0.5) is 0 Å². The van der Waals surface area contributed by atoms with E-state index in [1.807, 2.05) is 18.2 Å². The van der Waals surface area contributed by atoms with E-state index in [0.29, 0.717) is 6.54 Å². The minimum Gasteiger partial charge on any atom is -0.203 e. The third kappa shape index (κ3) is 6.29. The van der Waals surface area contributed by atoms with E-state index >= 15 is 0 Å². The van der Waals surface area contributed by atoms with Gasteiger partial charge in [-0.3, -0.25) is 0 Å². The Morgan fingerprint density at radius 3 is 2.44 bits per heavy atom. The summed E-state index contributed by atoms with van der Waals surface area (Å²) in [5, 5.41) is 3.61. The molecule has 0 bridgehead atoms. The van der Waals surface area contributed by atoms with Crippen LogP contribution in [0.2, 0.25) is 0 Å². The Balaban J connectivity index is 2.16. The van der Waals surface area contributed by atoms with Gasteiger partial charge in [0.05, 0.1) is 12.8 Å². The molecule has 5 heteroatoms. The minimum absolute atomic E-state index is 0.472. The first kappa shape index (κ1) is 12.8. The lowest BCUT2D eigenvalue weighted by Crippen LogP contribution is -1.90. The maximum atomic E-state index is 10.6. The Hall–Kier alpha value is -1.23. The summed E-state index contributed by atoms with van der Waals surface area (Å²) in [4.78, 5) is 0. The lowest BCUT2D eigenvalue weighted by atomic mass is 10.1. The number of hydrogen-bond donors (Lipinski definition) is 0. The number of unbranched alkanes of at least 4 members (excludes halogenated alkanes) is 1. The second kappa shape index (κ2) is 6.37. The minimum atomic E-state index is -3.31. The molecule has 88 valence electrons. The van der Waals surface area contributed by atoms with Gasteiger partial charge >= 0.3 is 0 Å². The highest BCUT2D eigenvalue weighted by Gasteiger charge is 1.95. The van der Waals surface area contributed by atoms with E-state index < -0.39 is 10.0 Å². The smallest absolute Gasteiger partial charge is 0.203 e. The van der Waals surface area contributed by atoms with E-state index in [0.717, 1.165) is 25.5 Å². The van der Waals surface area contributed by atoms with Crippen LogP contribution in [0, 0.1) is 0 Å². The Bertz CT molecular complexity index is 427. The average Bonchev–Trinajstić information content (AvgIpc) is 2.23. The van der Waals surface area contributed by atoms with Crippen LogP contribution in [0.5, 0.6) is 0 Å². The Morgan fingerprint density at radius 2 is 1.81 bits per heavy atom. The van der Waals surface area contributed by atoms with Gasteiger partial charge < -0.3 is 0 Å². The van der Waals surface area contributed by atoms with Crippen LogP contribution >= 0.6 is 0 Å². The molecule has 1 rings (SSSR count). The van der Waals surface area contributed by atoms with Crippen LogP contribution in [-0.4, -0.2) is 21.2 Å². The van der Waals surface area contributed by atoms with Gasteiger partial charge in [-0.15, -0.1) is 0 Å². The number of sulfonamides is 1. The van der Waals surface area contributed by atoms with Crippen molar-refractivity contribution >= 4 is 10.0 Å². The predicted octanol–water partition coefficient (Wildman–Crippen LogP) is 2.42. The normalized spacial score (nSPS) is 12.1. The van der Waals surface area contributed by atoms with Crippen molar-refractivity contribution in [2.75, 3.05) is 12.8 Å². The van der Waals surface area contributed by atoms with Crippen molar-refractivity contribution in [2.24, 2.45) is 9.63 Å². The van der Waals surface area contributed by atoms with Crippen LogP contribution in [0.3, 0.4) is 0 Å². The van der Waals surface area contributed by atoms with Gasteiger partial charge in [0.2, 0.25) is 0 Å². The van der Waals surface area contributed by atoms with Gasteiger partial charge in [-0.25, -0.2) is 8.42 Å². The maximum absolute atomic E-state index is 10.6. The van der Waals surface area contributed by atoms with Gasteiger partial charge in [-0.2, -0.15) is 5.11 Å². The standard InChI is InChI=1S/C11H16N2O2S/c1-16(14,15)13-12-10-6-5-9-11-7-3-2-4-8-11/h2-4,7-8H,5-6,9-10H2,1H3. The van der Waals surface area contributed by atoms with Gasteiger partial charge in [-0.05, 0) is 24.8 Å². The van der Waals surface area contributed by atoms with Crippen LogP contribution < -0.4 is 0 Å². The first-order valence-corrected chi connectivity index (χ1v) is 7.05. The van der Waals surface area contributed by atoms with Crippen LogP contribution in [0.15, 0.2) is 40.0 Å².